The molecule has 0 atom stereocenters. The molecule has 0 saturated heterocycles. The van der Waals surface area contributed by atoms with Crippen molar-refractivity contribution in [2.24, 2.45) is 12.5 Å². The highest BCUT2D eigenvalue weighted by molar-refractivity contribution is 6.11. The average molecular weight is 402 g/mol. The molecule has 4 aromatic rings. The minimum Gasteiger partial charge on any atom is -0.455 e. The summed E-state index contributed by atoms with van der Waals surface area (Å²) in [4.78, 5) is 3.59. The average Bonchev–Trinajstić information content (AvgIpc) is 3.12. The standard InChI is InChI=1S/C27H29N2O/c1-16-9-10-21-22-14-20(28-7)11-17(2)25(22)30-26(21)24(16)23-13-19(15-27(4,5)6)12-18(3)29(23)8/h9-14H,15H2,1-6,8H3/q+1/i12D,13D,15D2. The number of furan rings is 1. The van der Waals surface area contributed by atoms with Crippen LogP contribution in [0.4, 0.5) is 5.69 Å². The zero-order chi connectivity index (χ0) is 25.3. The van der Waals surface area contributed by atoms with E-state index in [0.29, 0.717) is 33.8 Å². The lowest BCUT2D eigenvalue weighted by molar-refractivity contribution is -0.666. The third kappa shape index (κ3) is 3.37. The molecule has 152 valence electrons. The van der Waals surface area contributed by atoms with E-state index >= 15 is 0 Å². The van der Waals surface area contributed by atoms with Crippen LogP contribution in [0, 0.1) is 32.8 Å². The van der Waals surface area contributed by atoms with Crippen molar-refractivity contribution < 1.29 is 14.5 Å². The number of fused-ring (bicyclic) bond motifs is 3. The molecule has 0 radical (unpaired) electrons. The summed E-state index contributed by atoms with van der Waals surface area (Å²) in [5.74, 6) is 0. The second-order valence-corrected chi connectivity index (χ2v) is 8.98. The molecule has 0 amide bonds. The Morgan fingerprint density at radius 2 is 1.80 bits per heavy atom. The van der Waals surface area contributed by atoms with Gasteiger partial charge in [0.2, 0.25) is 5.69 Å². The second-order valence-electron chi connectivity index (χ2n) is 8.98. The molecule has 0 fully saturated rings. The summed E-state index contributed by atoms with van der Waals surface area (Å²) in [6, 6.07) is 7.60. The smallest absolute Gasteiger partial charge is 0.216 e. The van der Waals surface area contributed by atoms with Gasteiger partial charge in [-0.2, -0.15) is 4.57 Å². The van der Waals surface area contributed by atoms with E-state index in [1.54, 1.807) is 45.4 Å². The van der Waals surface area contributed by atoms with Gasteiger partial charge in [0.15, 0.2) is 11.4 Å². The zero-order valence-electron chi connectivity index (χ0n) is 22.6. The topological polar surface area (TPSA) is 21.4 Å². The van der Waals surface area contributed by atoms with Crippen LogP contribution in [0.1, 0.15) is 48.6 Å². The van der Waals surface area contributed by atoms with Crippen LogP contribution in [0.3, 0.4) is 0 Å². The number of aryl methyl sites for hydroxylation is 2. The predicted octanol–water partition coefficient (Wildman–Crippen LogP) is 7.14. The molecule has 30 heavy (non-hydrogen) atoms. The normalized spacial score (nSPS) is 14.3. The Bertz CT molecular complexity index is 1540. The molecule has 0 saturated carbocycles. The maximum atomic E-state index is 9.15. The van der Waals surface area contributed by atoms with Gasteiger partial charge in [-0.25, -0.2) is 4.85 Å². The second kappa shape index (κ2) is 6.99. The van der Waals surface area contributed by atoms with Gasteiger partial charge < -0.3 is 4.42 Å². The molecular weight excluding hydrogens is 368 g/mol. The van der Waals surface area contributed by atoms with Gasteiger partial charge in [0.1, 0.15) is 18.2 Å². The summed E-state index contributed by atoms with van der Waals surface area (Å²) in [5, 5.41) is 1.69. The number of hydrogen-bond donors (Lipinski definition) is 0. The first kappa shape index (κ1) is 15.7. The summed E-state index contributed by atoms with van der Waals surface area (Å²) >= 11 is 0. The molecule has 0 bridgehead atoms. The molecule has 3 heteroatoms. The summed E-state index contributed by atoms with van der Waals surface area (Å²) in [6.07, 6.45) is -1.90. The van der Waals surface area contributed by atoms with E-state index in [4.69, 9.17) is 16.5 Å². The van der Waals surface area contributed by atoms with Crippen LogP contribution in [0.5, 0.6) is 0 Å². The van der Waals surface area contributed by atoms with Crippen molar-refractivity contribution in [3.8, 4) is 11.3 Å². The number of rotatable bonds is 2. The Morgan fingerprint density at radius 3 is 2.47 bits per heavy atom. The van der Waals surface area contributed by atoms with E-state index in [1.807, 2.05) is 32.0 Å². The maximum Gasteiger partial charge on any atom is 0.216 e. The molecule has 0 spiro atoms. The molecule has 2 aromatic heterocycles. The van der Waals surface area contributed by atoms with E-state index in [0.717, 1.165) is 21.9 Å². The number of pyridine rings is 1. The van der Waals surface area contributed by atoms with Gasteiger partial charge in [-0.3, -0.25) is 0 Å². The molecule has 3 nitrogen and oxygen atoms in total. The summed E-state index contributed by atoms with van der Waals surface area (Å²) in [5.41, 5.74) is 4.66. The molecule has 0 unspecified atom stereocenters. The van der Waals surface area contributed by atoms with Gasteiger partial charge in [-0.15, -0.1) is 0 Å². The third-order valence-corrected chi connectivity index (χ3v) is 5.37. The van der Waals surface area contributed by atoms with Gasteiger partial charge in [0.25, 0.3) is 0 Å². The molecule has 4 rings (SSSR count). The molecule has 0 aliphatic rings. The van der Waals surface area contributed by atoms with Crippen LogP contribution in [0.2, 0.25) is 0 Å². The number of benzene rings is 2. The van der Waals surface area contributed by atoms with E-state index < -0.39 is 11.8 Å². The third-order valence-electron chi connectivity index (χ3n) is 5.37. The Balaban J connectivity index is 2.20. The molecular formula is C27H29N2O+. The highest BCUT2D eigenvalue weighted by atomic mass is 16.3. The highest BCUT2D eigenvalue weighted by Gasteiger charge is 2.24. The lowest BCUT2D eigenvalue weighted by Gasteiger charge is -2.18. The van der Waals surface area contributed by atoms with Crippen molar-refractivity contribution in [2.45, 2.75) is 47.9 Å². The number of aromatic nitrogens is 1. The molecule has 2 aromatic carbocycles. The van der Waals surface area contributed by atoms with Crippen molar-refractivity contribution in [2.75, 3.05) is 0 Å². The maximum absolute atomic E-state index is 9.15. The Morgan fingerprint density at radius 1 is 1.07 bits per heavy atom. The van der Waals surface area contributed by atoms with E-state index in [-0.39, 0.29) is 17.6 Å². The quantitative estimate of drug-likeness (QED) is 0.258. The molecule has 0 aliphatic carbocycles. The first-order valence-corrected chi connectivity index (χ1v) is 10.1. The summed E-state index contributed by atoms with van der Waals surface area (Å²) < 4.78 is 43.8. The lowest BCUT2D eigenvalue weighted by atomic mass is 9.87. The van der Waals surface area contributed by atoms with Crippen molar-refractivity contribution in [3.05, 3.63) is 70.2 Å². The molecule has 0 aliphatic heterocycles. The Hall–Kier alpha value is -3.12. The molecule has 2 heterocycles. The van der Waals surface area contributed by atoms with Crippen LogP contribution in [0.25, 0.3) is 38.0 Å². The fourth-order valence-corrected chi connectivity index (χ4v) is 3.88. The number of nitrogens with zero attached hydrogens (tertiary/aromatic N) is 2. The van der Waals surface area contributed by atoms with Crippen LogP contribution in [0.15, 0.2) is 40.8 Å². The minimum atomic E-state index is -1.90. The zero-order valence-corrected chi connectivity index (χ0v) is 18.6. The van der Waals surface area contributed by atoms with Crippen LogP contribution in [-0.2, 0) is 13.4 Å². The van der Waals surface area contributed by atoms with E-state index in [1.165, 1.54) is 0 Å². The van der Waals surface area contributed by atoms with Gasteiger partial charge in [0.05, 0.1) is 14.9 Å². The summed E-state index contributed by atoms with van der Waals surface area (Å²) in [6.45, 7) is 18.4. The molecule has 0 N–H and O–H groups in total. The van der Waals surface area contributed by atoms with Crippen LogP contribution >= 0.6 is 0 Å². The van der Waals surface area contributed by atoms with Crippen molar-refractivity contribution in [3.63, 3.8) is 0 Å². The first-order chi connectivity index (χ1) is 15.7. The SMILES string of the molecule is [2H]c1c(C([2H])([2H])C(C)(C)C)c([2H])c(-c2c(C)ccc3c2oc2c(C)cc([N+]#[C-])cc23)[n+](C)c1C. The predicted molar refractivity (Wildman–Crippen MR) is 124 cm³/mol. The fourth-order valence-electron chi connectivity index (χ4n) is 3.88. The first-order valence-electron chi connectivity index (χ1n) is 12.1. The van der Waals surface area contributed by atoms with Crippen molar-refractivity contribution >= 4 is 27.6 Å². The lowest BCUT2D eigenvalue weighted by Crippen LogP contribution is -2.35. The van der Waals surface area contributed by atoms with Gasteiger partial charge in [-0.1, -0.05) is 32.9 Å². The van der Waals surface area contributed by atoms with E-state index in [2.05, 4.69) is 4.85 Å². The van der Waals surface area contributed by atoms with Crippen molar-refractivity contribution in [1.29, 1.82) is 0 Å². The fraction of sp³-hybridized carbons (Fsp3) is 0.333. The van der Waals surface area contributed by atoms with Gasteiger partial charge in [0, 0.05) is 32.5 Å². The van der Waals surface area contributed by atoms with Crippen LogP contribution < -0.4 is 4.57 Å². The highest BCUT2D eigenvalue weighted by Crippen LogP contribution is 2.40. The van der Waals surface area contributed by atoms with Crippen LogP contribution in [-0.4, -0.2) is 0 Å². The van der Waals surface area contributed by atoms with Gasteiger partial charge in [-0.05, 0) is 54.5 Å². The Kier molecular flexibility index (Phi) is 3.65. The Labute approximate surface area is 184 Å². The monoisotopic (exact) mass is 401 g/mol. The number of hydrogen-bond acceptors (Lipinski definition) is 1. The van der Waals surface area contributed by atoms with E-state index in [9.17, 15) is 0 Å². The largest absolute Gasteiger partial charge is 0.455 e. The van der Waals surface area contributed by atoms with Crippen molar-refractivity contribution in [1.82, 2.24) is 0 Å². The van der Waals surface area contributed by atoms with Gasteiger partial charge >= 0.3 is 0 Å². The minimum absolute atomic E-state index is 0.00681. The summed E-state index contributed by atoms with van der Waals surface area (Å²) in [7, 11) is 1.81.